The van der Waals surface area contributed by atoms with Gasteiger partial charge in [-0.15, -0.1) is 0 Å². The van der Waals surface area contributed by atoms with Crippen LogP contribution in [-0.4, -0.2) is 144 Å². The highest BCUT2D eigenvalue weighted by atomic mass is 16.6. The Morgan fingerprint density at radius 1 is 0.304 bits per heavy atom. The molecule has 1 saturated carbocycles. The molecular weight excluding hydrogens is 1010 g/mol. The minimum atomic E-state index is -0.143. The second-order valence-corrected chi connectivity index (χ2v) is 22.1. The van der Waals surface area contributed by atoms with Crippen LogP contribution in [-0.2, 0) is 66.6 Å². The third-order valence-electron chi connectivity index (χ3n) is 15.9. The molecule has 10 aliphatic rings. The average molecular weight is 1110 g/mol. The summed E-state index contributed by atoms with van der Waals surface area (Å²) in [7, 11) is 0. The molecule has 10 rings (SSSR count). The minimum absolute atomic E-state index is 0.0284. The second kappa shape index (κ2) is 35.5. The van der Waals surface area contributed by atoms with E-state index < -0.39 is 0 Å². The van der Waals surface area contributed by atoms with Crippen molar-refractivity contribution in [3.8, 4) is 0 Å². The second-order valence-electron chi connectivity index (χ2n) is 22.1. The molecule has 0 amide bonds. The lowest BCUT2D eigenvalue weighted by atomic mass is 9.94. The van der Waals surface area contributed by atoms with Crippen molar-refractivity contribution in [1.29, 1.82) is 0 Å². The van der Waals surface area contributed by atoms with Crippen molar-refractivity contribution in [2.75, 3.05) is 65.8 Å². The molecule has 0 spiro atoms. The van der Waals surface area contributed by atoms with E-state index in [0.29, 0.717) is 64.5 Å². The summed E-state index contributed by atoms with van der Waals surface area (Å²) in [6, 6.07) is 0. The summed E-state index contributed by atoms with van der Waals surface area (Å²) in [5.74, 6) is 0.477. The molecule has 10 bridgehead atoms. The van der Waals surface area contributed by atoms with Gasteiger partial charge < -0.3 is 71.3 Å². The predicted octanol–water partition coefficient (Wildman–Crippen LogP) is 5.49. The van der Waals surface area contributed by atoms with E-state index in [9.17, 15) is 24.0 Å². The molecular formula is C60H95N5O14. The van der Waals surface area contributed by atoms with Gasteiger partial charge in [0.1, 0.15) is 0 Å². The lowest BCUT2D eigenvalue weighted by molar-refractivity contribution is -0.150. The molecule has 444 valence electrons. The fourth-order valence-corrected chi connectivity index (χ4v) is 11.4. The fraction of sp³-hybridized carbons (Fsp3) is 0.750. The van der Waals surface area contributed by atoms with Crippen molar-refractivity contribution >= 4 is 29.8 Å². The Hall–Kier alpha value is -4.31. The van der Waals surface area contributed by atoms with Gasteiger partial charge in [0.15, 0.2) is 0 Å². The van der Waals surface area contributed by atoms with Crippen LogP contribution in [0.2, 0.25) is 0 Å². The van der Waals surface area contributed by atoms with Crippen LogP contribution < -0.4 is 28.7 Å². The summed E-state index contributed by atoms with van der Waals surface area (Å²) in [5, 5.41) is 0. The van der Waals surface area contributed by atoms with Crippen LogP contribution >= 0.6 is 0 Å². The van der Waals surface area contributed by atoms with E-state index >= 15 is 0 Å². The molecule has 2 aliphatic carbocycles. The molecule has 0 aromatic rings. The Labute approximate surface area is 468 Å². The van der Waals surface area contributed by atoms with Gasteiger partial charge in [-0.25, -0.2) is 0 Å². The highest BCUT2D eigenvalue weighted by Gasteiger charge is 2.45. The zero-order chi connectivity index (χ0) is 56.2. The van der Waals surface area contributed by atoms with E-state index in [1.54, 1.807) is 0 Å². The Balaban J connectivity index is 0.000000160. The Bertz CT molecular complexity index is 1960. The number of fused-ring (bicyclic) bond motifs is 10. The fourth-order valence-electron chi connectivity index (χ4n) is 11.4. The molecule has 0 aromatic carbocycles. The highest BCUT2D eigenvalue weighted by molar-refractivity contribution is 5.76. The molecule has 8 heterocycles. The van der Waals surface area contributed by atoms with Crippen molar-refractivity contribution in [2.24, 2.45) is 70.1 Å². The molecule has 15 atom stereocenters. The summed E-state index contributed by atoms with van der Waals surface area (Å²) in [6.07, 6.45) is 39.9. The Kier molecular flexibility index (Phi) is 28.7. The maximum atomic E-state index is 11.8. The van der Waals surface area contributed by atoms with Crippen molar-refractivity contribution in [1.82, 2.24) is 0 Å². The van der Waals surface area contributed by atoms with Gasteiger partial charge in [-0.1, -0.05) is 86.4 Å². The van der Waals surface area contributed by atoms with Gasteiger partial charge in [0, 0.05) is 0 Å². The number of nitrogens with two attached hydrogens (primary N) is 5. The van der Waals surface area contributed by atoms with Gasteiger partial charge >= 0.3 is 29.8 Å². The molecule has 19 heteroatoms. The number of esters is 5. The summed E-state index contributed by atoms with van der Waals surface area (Å²) < 4.78 is 48.2. The van der Waals surface area contributed by atoms with Crippen molar-refractivity contribution in [3.05, 3.63) is 60.8 Å². The minimum Gasteiger partial charge on any atom is -0.465 e. The molecule has 0 radical (unpaired) electrons. The molecule has 10 N–H and O–H groups in total. The maximum Gasteiger partial charge on any atom is 0.312 e. The first kappa shape index (κ1) is 63.9. The van der Waals surface area contributed by atoms with Gasteiger partial charge in [-0.2, -0.15) is 0 Å². The SMILES string of the molecule is NCCCCCCOC(=O)C1CC2C=CC1C2.NCCCCCCOC(=O)C1CC2C=CC1O2.NCCCCCOC(=O)C1CC2C=CC1O2.NCCCCOC(=O)C1CC2C=CC1O2.NCCCOC(=O)C1CC2C=CC1O2. The summed E-state index contributed by atoms with van der Waals surface area (Å²) in [4.78, 5) is 58.5. The number of hydrogen-bond donors (Lipinski definition) is 5. The molecule has 19 nitrogen and oxygen atoms in total. The van der Waals surface area contributed by atoms with E-state index in [1.807, 2.05) is 48.6 Å². The largest absolute Gasteiger partial charge is 0.465 e. The van der Waals surface area contributed by atoms with Gasteiger partial charge in [-0.05, 0) is 147 Å². The number of carbonyl (C=O) groups excluding carboxylic acids is 5. The molecule has 15 unspecified atom stereocenters. The Morgan fingerprint density at radius 3 is 0.848 bits per heavy atom. The van der Waals surface area contributed by atoms with E-state index in [4.69, 9.17) is 71.3 Å². The number of unbranched alkanes of at least 4 members (excludes halogenated alkanes) is 9. The first-order valence-electron chi connectivity index (χ1n) is 29.9. The first-order chi connectivity index (χ1) is 38.5. The number of allylic oxidation sites excluding steroid dienone is 2. The summed E-state index contributed by atoms with van der Waals surface area (Å²) >= 11 is 0. The van der Waals surface area contributed by atoms with Gasteiger partial charge in [-0.3, -0.25) is 24.0 Å². The molecule has 4 saturated heterocycles. The lowest BCUT2D eigenvalue weighted by Gasteiger charge is -2.16. The zero-order valence-corrected chi connectivity index (χ0v) is 46.7. The lowest BCUT2D eigenvalue weighted by Crippen LogP contribution is -2.26. The molecule has 8 aliphatic heterocycles. The van der Waals surface area contributed by atoms with E-state index in [2.05, 4.69) is 12.2 Å². The average Bonchev–Trinajstić information content (AvgIpc) is 4.35. The van der Waals surface area contributed by atoms with Crippen molar-refractivity contribution in [3.63, 3.8) is 0 Å². The Morgan fingerprint density at radius 2 is 0.582 bits per heavy atom. The maximum absolute atomic E-state index is 11.8. The molecule has 5 fully saturated rings. The third kappa shape index (κ3) is 20.9. The van der Waals surface area contributed by atoms with E-state index in [0.717, 1.165) is 142 Å². The summed E-state index contributed by atoms with van der Waals surface area (Å²) in [5.41, 5.74) is 26.8. The van der Waals surface area contributed by atoms with Crippen molar-refractivity contribution in [2.45, 2.75) is 177 Å². The molecule has 79 heavy (non-hydrogen) atoms. The monoisotopic (exact) mass is 1110 g/mol. The molecule has 0 aromatic heterocycles. The van der Waals surface area contributed by atoms with Crippen LogP contribution in [0.1, 0.15) is 128 Å². The standard InChI is InChI=1S/C14H23NO2.C13H21NO3.C12H19NO3.C11H17NO3.C10H15NO3/c15-7-3-1-2-4-8-17-14(16)13-10-11-5-6-12(13)9-11;14-7-3-1-2-4-8-16-13(15)11-9-10-5-6-12(11)17-10;13-6-2-1-3-7-15-12(14)10-8-9-4-5-11(10)16-9;12-5-1-2-6-14-11(13)9-7-8-3-4-10(9)15-8;11-4-1-5-13-10(12)8-6-7-2-3-9(8)14-7/h5-6,11-13H,1-4,7-10,15H2;5-6,10-12H,1-4,7-9,14H2;4-5,9-11H,1-3,6-8,13H2;3-4,8-10H,1-2,5-7,12H2;2-3,7-9H,1,4-6,11H2. The highest BCUT2D eigenvalue weighted by Crippen LogP contribution is 2.44. The van der Waals surface area contributed by atoms with Crippen molar-refractivity contribution < 1.29 is 66.6 Å². The van der Waals surface area contributed by atoms with Crippen LogP contribution in [0.3, 0.4) is 0 Å². The van der Waals surface area contributed by atoms with Crippen LogP contribution in [0, 0.1) is 41.4 Å². The van der Waals surface area contributed by atoms with Crippen LogP contribution in [0.4, 0.5) is 0 Å². The van der Waals surface area contributed by atoms with Crippen LogP contribution in [0.5, 0.6) is 0 Å². The zero-order valence-electron chi connectivity index (χ0n) is 46.7. The normalized spacial score (nSPS) is 31.2. The van der Waals surface area contributed by atoms with E-state index in [1.165, 1.54) is 0 Å². The number of carbonyl (C=O) groups is 5. The third-order valence-corrected chi connectivity index (χ3v) is 15.9. The number of hydrogen-bond acceptors (Lipinski definition) is 19. The van der Waals surface area contributed by atoms with Crippen LogP contribution in [0.15, 0.2) is 60.8 Å². The van der Waals surface area contributed by atoms with Gasteiger partial charge in [0.05, 0.1) is 111 Å². The van der Waals surface area contributed by atoms with Gasteiger partial charge in [0.2, 0.25) is 0 Å². The number of rotatable bonds is 29. The smallest absolute Gasteiger partial charge is 0.312 e. The van der Waals surface area contributed by atoms with Crippen LogP contribution in [0.25, 0.3) is 0 Å². The van der Waals surface area contributed by atoms with E-state index in [-0.39, 0.29) is 108 Å². The summed E-state index contributed by atoms with van der Waals surface area (Å²) in [6.45, 7) is 5.95. The number of ether oxygens (including phenoxy) is 9. The first-order valence-corrected chi connectivity index (χ1v) is 29.9. The topological polar surface area (TPSA) is 299 Å². The van der Waals surface area contributed by atoms with Gasteiger partial charge in [0.25, 0.3) is 0 Å². The quantitative estimate of drug-likeness (QED) is 0.0268. The predicted molar refractivity (Wildman–Crippen MR) is 297 cm³/mol.